The van der Waals surface area contributed by atoms with Crippen LogP contribution in [-0.4, -0.2) is 19.1 Å². The summed E-state index contributed by atoms with van der Waals surface area (Å²) in [6.45, 7) is 4.06. The molecule has 2 aromatic carbocycles. The minimum atomic E-state index is 0.0995. The van der Waals surface area contributed by atoms with Crippen LogP contribution in [0.5, 0.6) is 11.5 Å². The van der Waals surface area contributed by atoms with Crippen LogP contribution in [0.2, 0.25) is 0 Å². The highest BCUT2D eigenvalue weighted by Gasteiger charge is 2.18. The van der Waals surface area contributed by atoms with Gasteiger partial charge in [0.25, 0.3) is 0 Å². The molecular formula is C20H22N2O3. The molecule has 25 heavy (non-hydrogen) atoms. The van der Waals surface area contributed by atoms with E-state index in [4.69, 9.17) is 9.47 Å². The first kappa shape index (κ1) is 16.0. The average molecular weight is 338 g/mol. The largest absolute Gasteiger partial charge is 0.486 e. The van der Waals surface area contributed by atoms with Gasteiger partial charge in [0.2, 0.25) is 5.91 Å². The lowest BCUT2D eigenvalue weighted by Crippen LogP contribution is -2.22. The minimum Gasteiger partial charge on any atom is -0.486 e. The van der Waals surface area contributed by atoms with Crippen LogP contribution in [0.3, 0.4) is 0 Å². The van der Waals surface area contributed by atoms with E-state index in [1.54, 1.807) is 0 Å². The van der Waals surface area contributed by atoms with E-state index >= 15 is 0 Å². The molecule has 130 valence electrons. The molecular weight excluding hydrogens is 316 g/mol. The number of hydrogen-bond acceptors (Lipinski definition) is 4. The molecule has 2 heterocycles. The topological polar surface area (TPSA) is 59.6 Å². The Bertz CT molecular complexity index is 804. The molecule has 0 aliphatic carbocycles. The van der Waals surface area contributed by atoms with Gasteiger partial charge < -0.3 is 20.1 Å². The summed E-state index contributed by atoms with van der Waals surface area (Å²) in [5.74, 6) is 1.77. The van der Waals surface area contributed by atoms with Crippen molar-refractivity contribution >= 4 is 11.6 Å². The number of fused-ring (bicyclic) bond motifs is 2. The summed E-state index contributed by atoms with van der Waals surface area (Å²) >= 11 is 0. The first-order valence-corrected chi connectivity index (χ1v) is 8.74. The smallest absolute Gasteiger partial charge is 0.224 e. The third kappa shape index (κ3) is 3.33. The molecule has 0 spiro atoms. The molecule has 0 saturated carbocycles. The van der Waals surface area contributed by atoms with Gasteiger partial charge in [0.1, 0.15) is 13.2 Å². The second-order valence-corrected chi connectivity index (χ2v) is 6.51. The number of carbonyl (C=O) groups is 1. The molecule has 0 unspecified atom stereocenters. The lowest BCUT2D eigenvalue weighted by Gasteiger charge is -2.23. The van der Waals surface area contributed by atoms with E-state index < -0.39 is 0 Å². The Labute approximate surface area is 147 Å². The Morgan fingerprint density at radius 3 is 2.96 bits per heavy atom. The molecule has 5 nitrogen and oxygen atoms in total. The van der Waals surface area contributed by atoms with E-state index in [-0.39, 0.29) is 11.9 Å². The van der Waals surface area contributed by atoms with Gasteiger partial charge in [-0.15, -0.1) is 0 Å². The van der Waals surface area contributed by atoms with Crippen molar-refractivity contribution in [3.8, 4) is 11.5 Å². The van der Waals surface area contributed by atoms with Crippen LogP contribution < -0.4 is 20.1 Å². The molecule has 0 radical (unpaired) electrons. The molecule has 2 N–H and O–H groups in total. The Morgan fingerprint density at radius 1 is 1.16 bits per heavy atom. The number of ether oxygens (including phenoxy) is 2. The summed E-state index contributed by atoms with van der Waals surface area (Å²) < 4.78 is 11.4. The number of carbonyl (C=O) groups excluding carboxylic acids is 1. The van der Waals surface area contributed by atoms with E-state index in [2.05, 4.69) is 35.8 Å². The van der Waals surface area contributed by atoms with Crippen molar-refractivity contribution in [2.75, 3.05) is 18.5 Å². The molecule has 0 saturated heterocycles. The first-order chi connectivity index (χ1) is 12.2. The van der Waals surface area contributed by atoms with Crippen LogP contribution in [0.15, 0.2) is 36.4 Å². The molecule has 5 heteroatoms. The van der Waals surface area contributed by atoms with Crippen molar-refractivity contribution < 1.29 is 14.3 Å². The van der Waals surface area contributed by atoms with Crippen LogP contribution in [-0.2, 0) is 17.8 Å². The fraction of sp³-hybridized carbons (Fsp3) is 0.350. The Kier molecular flexibility index (Phi) is 4.32. The van der Waals surface area contributed by atoms with Gasteiger partial charge in [-0.05, 0) is 36.6 Å². The molecule has 2 aliphatic rings. The quantitative estimate of drug-likeness (QED) is 0.899. The van der Waals surface area contributed by atoms with Gasteiger partial charge in [-0.2, -0.15) is 0 Å². The van der Waals surface area contributed by atoms with Gasteiger partial charge in [0.05, 0.1) is 0 Å². The number of para-hydroxylation sites is 1. The number of rotatable bonds is 4. The third-order valence-corrected chi connectivity index (χ3v) is 4.77. The lowest BCUT2D eigenvalue weighted by molar-refractivity contribution is -0.116. The second-order valence-electron chi connectivity index (χ2n) is 6.51. The van der Waals surface area contributed by atoms with E-state index in [0.717, 1.165) is 29.2 Å². The highest BCUT2D eigenvalue weighted by Crippen LogP contribution is 2.34. The Morgan fingerprint density at radius 2 is 2.04 bits per heavy atom. The first-order valence-electron chi connectivity index (χ1n) is 8.74. The molecule has 0 aromatic heterocycles. The maximum atomic E-state index is 11.5. The van der Waals surface area contributed by atoms with Gasteiger partial charge in [0, 0.05) is 30.3 Å². The standard InChI is InChI=1S/C20H22N2O3/c1-13(14-5-7-17-15(11-14)6-8-19(23)22-17)21-12-16-3-2-4-18-20(16)25-10-9-24-18/h2-5,7,11,13,21H,6,8-10,12H2,1H3,(H,22,23)/t13-/m0/s1. The zero-order chi connectivity index (χ0) is 17.2. The Hall–Kier alpha value is -2.53. The summed E-state index contributed by atoms with van der Waals surface area (Å²) in [5.41, 5.74) is 4.47. The molecule has 2 aromatic rings. The van der Waals surface area contributed by atoms with Crippen LogP contribution in [0.25, 0.3) is 0 Å². The van der Waals surface area contributed by atoms with E-state index in [1.165, 1.54) is 11.1 Å². The van der Waals surface area contributed by atoms with Crippen molar-refractivity contribution in [3.05, 3.63) is 53.1 Å². The van der Waals surface area contributed by atoms with Gasteiger partial charge in [-0.1, -0.05) is 24.3 Å². The van der Waals surface area contributed by atoms with Crippen LogP contribution >= 0.6 is 0 Å². The van der Waals surface area contributed by atoms with Crippen LogP contribution in [0, 0.1) is 0 Å². The minimum absolute atomic E-state index is 0.0995. The van der Waals surface area contributed by atoms with Crippen molar-refractivity contribution in [1.82, 2.24) is 5.32 Å². The van der Waals surface area contributed by atoms with E-state index in [9.17, 15) is 4.79 Å². The number of amides is 1. The van der Waals surface area contributed by atoms with Crippen molar-refractivity contribution in [2.45, 2.75) is 32.4 Å². The number of aryl methyl sites for hydroxylation is 1. The SMILES string of the molecule is C[C@H](NCc1cccc2c1OCCO2)c1ccc2c(c1)CCC(=O)N2. The number of anilines is 1. The van der Waals surface area contributed by atoms with Gasteiger partial charge >= 0.3 is 0 Å². The molecule has 1 amide bonds. The Balaban J connectivity index is 1.46. The maximum absolute atomic E-state index is 11.5. The summed E-state index contributed by atoms with van der Waals surface area (Å²) in [4.78, 5) is 11.5. The molecule has 0 fully saturated rings. The number of benzene rings is 2. The number of hydrogen-bond donors (Lipinski definition) is 2. The van der Waals surface area contributed by atoms with Crippen molar-refractivity contribution in [3.63, 3.8) is 0 Å². The molecule has 1 atom stereocenters. The number of nitrogens with one attached hydrogen (secondary N) is 2. The predicted octanol–water partition coefficient (Wildman–Crippen LogP) is 3.19. The molecule has 0 bridgehead atoms. The normalized spacial score (nSPS) is 16.8. The fourth-order valence-electron chi connectivity index (χ4n) is 3.33. The van der Waals surface area contributed by atoms with Gasteiger partial charge in [0.15, 0.2) is 11.5 Å². The predicted molar refractivity (Wildman–Crippen MR) is 96.1 cm³/mol. The third-order valence-electron chi connectivity index (χ3n) is 4.77. The second kappa shape index (κ2) is 6.76. The van der Waals surface area contributed by atoms with Crippen LogP contribution in [0.4, 0.5) is 5.69 Å². The highest BCUT2D eigenvalue weighted by molar-refractivity contribution is 5.93. The molecule has 2 aliphatic heterocycles. The van der Waals surface area contributed by atoms with Gasteiger partial charge in [-0.25, -0.2) is 0 Å². The summed E-state index contributed by atoms with van der Waals surface area (Å²) in [7, 11) is 0. The monoisotopic (exact) mass is 338 g/mol. The fourth-order valence-corrected chi connectivity index (χ4v) is 3.33. The van der Waals surface area contributed by atoms with E-state index in [0.29, 0.717) is 26.2 Å². The van der Waals surface area contributed by atoms with Crippen molar-refractivity contribution in [1.29, 1.82) is 0 Å². The molecule has 4 rings (SSSR count). The summed E-state index contributed by atoms with van der Waals surface area (Å²) in [6, 6.07) is 12.5. The van der Waals surface area contributed by atoms with Crippen LogP contribution in [0.1, 0.15) is 36.1 Å². The highest BCUT2D eigenvalue weighted by atomic mass is 16.6. The van der Waals surface area contributed by atoms with E-state index in [1.807, 2.05) is 18.2 Å². The van der Waals surface area contributed by atoms with Crippen molar-refractivity contribution in [2.24, 2.45) is 0 Å². The zero-order valence-corrected chi connectivity index (χ0v) is 14.3. The van der Waals surface area contributed by atoms with Gasteiger partial charge in [-0.3, -0.25) is 4.79 Å². The lowest BCUT2D eigenvalue weighted by atomic mass is 9.97. The maximum Gasteiger partial charge on any atom is 0.224 e. The summed E-state index contributed by atoms with van der Waals surface area (Å²) in [5, 5.41) is 6.49. The summed E-state index contributed by atoms with van der Waals surface area (Å²) in [6.07, 6.45) is 1.37. The average Bonchev–Trinajstić information content (AvgIpc) is 2.65. The zero-order valence-electron chi connectivity index (χ0n) is 14.3.